The third-order valence-corrected chi connectivity index (χ3v) is 2.85. The van der Waals surface area contributed by atoms with Crippen molar-refractivity contribution in [2.24, 2.45) is 0 Å². The second-order valence-corrected chi connectivity index (χ2v) is 4.10. The van der Waals surface area contributed by atoms with E-state index in [1.807, 2.05) is 0 Å². The Morgan fingerprint density at radius 3 is 2.58 bits per heavy atom. The average Bonchev–Trinajstić information content (AvgIpc) is 2.83. The Hall–Kier alpha value is -2.36. The molecule has 0 fully saturated rings. The first kappa shape index (κ1) is 11.7. The van der Waals surface area contributed by atoms with Crippen LogP contribution in [0.15, 0.2) is 53.1 Å². The highest BCUT2D eigenvalue weighted by Gasteiger charge is 2.10. The van der Waals surface area contributed by atoms with Crippen molar-refractivity contribution in [3.05, 3.63) is 65.9 Å². The third-order valence-electron chi connectivity index (χ3n) is 2.85. The molecule has 0 N–H and O–H groups in total. The number of fused-ring (bicyclic) bond motifs is 1. The molecule has 4 heteroatoms. The summed E-state index contributed by atoms with van der Waals surface area (Å²) >= 11 is 0. The maximum Gasteiger partial charge on any atom is 0.169 e. The van der Waals surface area contributed by atoms with E-state index in [0.717, 1.165) is 0 Å². The molecular weight excluding hydrogens is 250 g/mol. The van der Waals surface area contributed by atoms with Gasteiger partial charge >= 0.3 is 0 Å². The Morgan fingerprint density at radius 2 is 1.74 bits per heavy atom. The van der Waals surface area contributed by atoms with E-state index in [1.165, 1.54) is 24.5 Å². The van der Waals surface area contributed by atoms with Crippen LogP contribution in [0.5, 0.6) is 5.75 Å². The number of ether oxygens (including phenoxy) is 1. The number of benzene rings is 2. The Kier molecular flexibility index (Phi) is 2.91. The van der Waals surface area contributed by atoms with E-state index in [9.17, 15) is 8.78 Å². The summed E-state index contributed by atoms with van der Waals surface area (Å²) in [6, 6.07) is 10.8. The topological polar surface area (TPSA) is 22.4 Å². The molecule has 0 saturated heterocycles. The second-order valence-electron chi connectivity index (χ2n) is 4.10. The van der Waals surface area contributed by atoms with Crippen LogP contribution in [0.3, 0.4) is 0 Å². The average molecular weight is 260 g/mol. The summed E-state index contributed by atoms with van der Waals surface area (Å²) in [7, 11) is 0. The van der Waals surface area contributed by atoms with Gasteiger partial charge in [-0.1, -0.05) is 24.3 Å². The first-order chi connectivity index (χ1) is 9.25. The monoisotopic (exact) mass is 260 g/mol. The molecule has 0 aliphatic heterocycles. The third kappa shape index (κ3) is 2.17. The van der Waals surface area contributed by atoms with Crippen LogP contribution in [-0.2, 0) is 6.61 Å². The lowest BCUT2D eigenvalue weighted by Gasteiger charge is -2.05. The lowest BCUT2D eigenvalue weighted by Crippen LogP contribution is -1.96. The molecule has 0 unspecified atom stereocenters. The van der Waals surface area contributed by atoms with Crippen molar-refractivity contribution < 1.29 is 17.9 Å². The Balaban J connectivity index is 1.87. The predicted molar refractivity (Wildman–Crippen MR) is 66.9 cm³/mol. The van der Waals surface area contributed by atoms with Gasteiger partial charge in [-0.25, -0.2) is 8.78 Å². The minimum Gasteiger partial charge on any atom is -0.486 e. The summed E-state index contributed by atoms with van der Waals surface area (Å²) in [6.07, 6.45) is 1.43. The maximum absolute atomic E-state index is 13.4. The molecule has 0 atom stereocenters. The zero-order valence-corrected chi connectivity index (χ0v) is 9.90. The fourth-order valence-corrected chi connectivity index (χ4v) is 1.90. The molecule has 0 bridgehead atoms. The smallest absolute Gasteiger partial charge is 0.169 e. The lowest BCUT2D eigenvalue weighted by atomic mass is 10.2. The van der Waals surface area contributed by atoms with Crippen molar-refractivity contribution in [3.8, 4) is 5.75 Å². The molecule has 0 aliphatic rings. The fraction of sp³-hybridized carbons (Fsp3) is 0.0667. The van der Waals surface area contributed by atoms with E-state index in [0.29, 0.717) is 10.9 Å². The van der Waals surface area contributed by atoms with Gasteiger partial charge in [-0.15, -0.1) is 0 Å². The molecule has 1 heterocycles. The number of para-hydroxylation sites is 2. The molecule has 0 amide bonds. The van der Waals surface area contributed by atoms with Crippen LogP contribution in [0.25, 0.3) is 11.0 Å². The van der Waals surface area contributed by atoms with Gasteiger partial charge < -0.3 is 9.15 Å². The molecule has 3 aromatic rings. The molecule has 0 spiro atoms. The molecule has 0 aliphatic carbocycles. The number of halogens is 2. The van der Waals surface area contributed by atoms with Gasteiger partial charge in [0.1, 0.15) is 6.61 Å². The van der Waals surface area contributed by atoms with Crippen LogP contribution in [-0.4, -0.2) is 0 Å². The van der Waals surface area contributed by atoms with Crippen LogP contribution in [0.2, 0.25) is 0 Å². The van der Waals surface area contributed by atoms with Crippen molar-refractivity contribution in [2.45, 2.75) is 6.61 Å². The molecule has 2 aromatic carbocycles. The maximum atomic E-state index is 13.4. The van der Waals surface area contributed by atoms with Gasteiger partial charge in [0.25, 0.3) is 0 Å². The number of hydrogen-bond acceptors (Lipinski definition) is 2. The number of furan rings is 1. The van der Waals surface area contributed by atoms with E-state index in [-0.39, 0.29) is 17.9 Å². The van der Waals surface area contributed by atoms with Gasteiger partial charge in [0.05, 0.1) is 6.26 Å². The van der Waals surface area contributed by atoms with E-state index in [2.05, 4.69) is 0 Å². The summed E-state index contributed by atoms with van der Waals surface area (Å²) in [6.45, 7) is 0.122. The van der Waals surface area contributed by atoms with Gasteiger partial charge in [0, 0.05) is 10.9 Å². The zero-order valence-electron chi connectivity index (χ0n) is 9.90. The molecule has 2 nitrogen and oxygen atoms in total. The highest BCUT2D eigenvalue weighted by molar-refractivity contribution is 5.81. The summed E-state index contributed by atoms with van der Waals surface area (Å²) in [4.78, 5) is 0. The second kappa shape index (κ2) is 4.72. The summed E-state index contributed by atoms with van der Waals surface area (Å²) in [5, 5.41) is 0.635. The summed E-state index contributed by atoms with van der Waals surface area (Å²) < 4.78 is 37.3. The zero-order chi connectivity index (χ0) is 13.2. The first-order valence-electron chi connectivity index (χ1n) is 5.77. The Labute approximate surface area is 108 Å². The highest BCUT2D eigenvalue weighted by atomic mass is 19.1. The van der Waals surface area contributed by atoms with Crippen LogP contribution < -0.4 is 4.74 Å². The fourth-order valence-electron chi connectivity index (χ4n) is 1.90. The van der Waals surface area contributed by atoms with Crippen molar-refractivity contribution in [1.29, 1.82) is 0 Å². The van der Waals surface area contributed by atoms with Gasteiger partial charge in [0.15, 0.2) is 23.0 Å². The highest BCUT2D eigenvalue weighted by Crippen LogP contribution is 2.25. The molecule has 96 valence electrons. The lowest BCUT2D eigenvalue weighted by molar-refractivity contribution is 0.290. The number of rotatable bonds is 3. The van der Waals surface area contributed by atoms with Crippen molar-refractivity contribution >= 4 is 11.0 Å². The van der Waals surface area contributed by atoms with E-state index < -0.39 is 11.6 Å². The van der Waals surface area contributed by atoms with Crippen molar-refractivity contribution in [3.63, 3.8) is 0 Å². The SMILES string of the molecule is Fc1ccccc1OCc1coc2c(F)cccc12. The molecule has 0 radical (unpaired) electrons. The largest absolute Gasteiger partial charge is 0.486 e. The van der Waals surface area contributed by atoms with Crippen molar-refractivity contribution in [2.75, 3.05) is 0 Å². The van der Waals surface area contributed by atoms with E-state index in [1.54, 1.807) is 24.3 Å². The van der Waals surface area contributed by atoms with Crippen molar-refractivity contribution in [1.82, 2.24) is 0 Å². The van der Waals surface area contributed by atoms with Crippen LogP contribution in [0.4, 0.5) is 8.78 Å². The Morgan fingerprint density at radius 1 is 0.947 bits per heavy atom. The van der Waals surface area contributed by atoms with E-state index >= 15 is 0 Å². The van der Waals surface area contributed by atoms with Crippen LogP contribution in [0, 0.1) is 11.6 Å². The predicted octanol–water partition coefficient (Wildman–Crippen LogP) is 4.29. The van der Waals surface area contributed by atoms with E-state index in [4.69, 9.17) is 9.15 Å². The minimum absolute atomic E-state index is 0.122. The molecule has 1 aromatic heterocycles. The first-order valence-corrected chi connectivity index (χ1v) is 5.77. The minimum atomic E-state index is -0.429. The van der Waals surface area contributed by atoms with Gasteiger partial charge in [0.2, 0.25) is 0 Å². The van der Waals surface area contributed by atoms with Gasteiger partial charge in [-0.2, -0.15) is 0 Å². The summed E-state index contributed by atoms with van der Waals surface area (Å²) in [5.74, 6) is -0.690. The number of hydrogen-bond donors (Lipinski definition) is 0. The normalized spacial score (nSPS) is 10.8. The van der Waals surface area contributed by atoms with Gasteiger partial charge in [-0.3, -0.25) is 0 Å². The van der Waals surface area contributed by atoms with Crippen LogP contribution in [0.1, 0.15) is 5.56 Å². The molecule has 0 saturated carbocycles. The summed E-state index contributed by atoms with van der Waals surface area (Å²) in [5.41, 5.74) is 0.868. The quantitative estimate of drug-likeness (QED) is 0.701. The standard InChI is InChI=1S/C15H10F2O2/c16-12-5-1-2-7-14(12)18-8-10-9-19-15-11(10)4-3-6-13(15)17/h1-7,9H,8H2. The van der Waals surface area contributed by atoms with Crippen LogP contribution >= 0.6 is 0 Å². The molecular formula is C15H10F2O2. The molecule has 19 heavy (non-hydrogen) atoms. The van der Waals surface area contributed by atoms with Gasteiger partial charge in [-0.05, 0) is 18.2 Å². The molecule has 3 rings (SSSR count). The Bertz CT molecular complexity index is 719.